The number of anilines is 1. The lowest BCUT2D eigenvalue weighted by Gasteiger charge is -2.06. The van der Waals surface area contributed by atoms with E-state index in [-0.39, 0.29) is 17.6 Å². The number of aromatic nitrogens is 1. The van der Waals surface area contributed by atoms with Crippen LogP contribution >= 0.6 is 11.8 Å². The molecule has 25 heavy (non-hydrogen) atoms. The van der Waals surface area contributed by atoms with E-state index in [0.29, 0.717) is 28.6 Å². The maximum atomic E-state index is 12.2. The van der Waals surface area contributed by atoms with Gasteiger partial charge < -0.3 is 10.1 Å². The molecule has 0 bridgehead atoms. The molecule has 0 saturated heterocycles. The van der Waals surface area contributed by atoms with Crippen molar-refractivity contribution in [3.05, 3.63) is 58.6 Å². The van der Waals surface area contributed by atoms with E-state index in [9.17, 15) is 9.59 Å². The summed E-state index contributed by atoms with van der Waals surface area (Å²) >= 11 is 1.24. The molecule has 0 fully saturated rings. The predicted octanol–water partition coefficient (Wildman–Crippen LogP) is 3.93. The van der Waals surface area contributed by atoms with Gasteiger partial charge in [0, 0.05) is 22.5 Å². The predicted molar refractivity (Wildman–Crippen MR) is 94.8 cm³/mol. The lowest BCUT2D eigenvalue weighted by Crippen LogP contribution is -2.12. The summed E-state index contributed by atoms with van der Waals surface area (Å²) in [5.41, 5.74) is 9.78. The van der Waals surface area contributed by atoms with Gasteiger partial charge in [-0.3, -0.25) is 9.59 Å². The van der Waals surface area contributed by atoms with Gasteiger partial charge in [-0.15, -0.1) is 0 Å². The molecule has 1 aromatic carbocycles. The van der Waals surface area contributed by atoms with E-state index >= 15 is 0 Å². The normalized spacial score (nSPS) is 9.80. The maximum absolute atomic E-state index is 12.2. The third-order valence-corrected chi connectivity index (χ3v) is 3.84. The zero-order chi connectivity index (χ0) is 18.1. The Bertz CT molecular complexity index is 786. The van der Waals surface area contributed by atoms with E-state index in [1.807, 2.05) is 0 Å². The molecule has 0 unspecified atom stereocenters. The Balaban J connectivity index is 1.93. The molecule has 0 aliphatic carbocycles. The summed E-state index contributed by atoms with van der Waals surface area (Å²) in [4.78, 5) is 30.3. The molecule has 1 aromatic heterocycles. The van der Waals surface area contributed by atoms with Crippen LogP contribution in [-0.4, -0.2) is 29.2 Å². The summed E-state index contributed by atoms with van der Waals surface area (Å²) in [6, 6.07) is 9.77. The monoisotopic (exact) mass is 357 g/mol. The smallest absolute Gasteiger partial charge is 0.316 e. The van der Waals surface area contributed by atoms with Crippen LogP contribution in [0.1, 0.15) is 17.3 Å². The number of nitrogens with one attached hydrogen (secondary N) is 1. The van der Waals surface area contributed by atoms with Crippen molar-refractivity contribution in [2.75, 3.05) is 17.7 Å². The van der Waals surface area contributed by atoms with Crippen LogP contribution in [0.25, 0.3) is 10.4 Å². The van der Waals surface area contributed by atoms with E-state index in [4.69, 9.17) is 10.3 Å². The highest BCUT2D eigenvalue weighted by Crippen LogP contribution is 2.18. The van der Waals surface area contributed by atoms with Crippen LogP contribution < -0.4 is 5.32 Å². The second kappa shape index (κ2) is 9.31. The highest BCUT2D eigenvalue weighted by Gasteiger charge is 2.08. The largest absolute Gasteiger partial charge is 0.465 e. The number of ether oxygens (including phenoxy) is 1. The molecule has 8 nitrogen and oxygen atoms in total. The van der Waals surface area contributed by atoms with Gasteiger partial charge in [0.15, 0.2) is 0 Å². The Morgan fingerprint density at radius 3 is 2.64 bits per heavy atom. The van der Waals surface area contributed by atoms with Crippen molar-refractivity contribution in [1.29, 1.82) is 0 Å². The quantitative estimate of drug-likeness (QED) is 0.265. The molecule has 0 saturated carbocycles. The second-order valence-electron chi connectivity index (χ2n) is 4.67. The number of amides is 1. The average molecular weight is 357 g/mol. The number of nitrogens with zero attached hydrogens (tertiary/aromatic N) is 4. The third-order valence-electron chi connectivity index (χ3n) is 2.93. The number of esters is 1. The van der Waals surface area contributed by atoms with Crippen molar-refractivity contribution in [1.82, 2.24) is 4.98 Å². The number of hydrogen-bond acceptors (Lipinski definition) is 6. The van der Waals surface area contributed by atoms with Gasteiger partial charge in [0.2, 0.25) is 0 Å². The minimum atomic E-state index is -0.314. The molecule has 0 atom stereocenters. The van der Waals surface area contributed by atoms with Gasteiger partial charge in [-0.1, -0.05) is 29.0 Å². The Hall–Kier alpha value is -3.03. The minimum absolute atomic E-state index is 0.171. The standard InChI is InChI=1S/C16H15N5O3S/c1-2-24-15(22)10-25-14-8-3-11(9-18-14)16(23)19-12-4-6-13(7-5-12)20-21-17/h3-9H,2,10H2,1H3,(H,19,23). The van der Waals surface area contributed by atoms with E-state index in [2.05, 4.69) is 20.3 Å². The molecule has 128 valence electrons. The Labute approximate surface area is 148 Å². The highest BCUT2D eigenvalue weighted by molar-refractivity contribution is 7.99. The molecule has 1 heterocycles. The van der Waals surface area contributed by atoms with Crippen molar-refractivity contribution in [3.8, 4) is 0 Å². The molecular weight excluding hydrogens is 342 g/mol. The number of carbonyl (C=O) groups is 2. The summed E-state index contributed by atoms with van der Waals surface area (Å²) < 4.78 is 4.84. The van der Waals surface area contributed by atoms with Gasteiger partial charge in [-0.25, -0.2) is 4.98 Å². The zero-order valence-corrected chi connectivity index (χ0v) is 14.2. The lowest BCUT2D eigenvalue weighted by atomic mass is 10.2. The second-order valence-corrected chi connectivity index (χ2v) is 5.66. The number of benzene rings is 1. The molecule has 2 aromatic rings. The van der Waals surface area contributed by atoms with Gasteiger partial charge in [0.25, 0.3) is 5.91 Å². The van der Waals surface area contributed by atoms with Gasteiger partial charge >= 0.3 is 5.97 Å². The van der Waals surface area contributed by atoms with Crippen molar-refractivity contribution >= 4 is 35.0 Å². The van der Waals surface area contributed by atoms with Crippen LogP contribution in [0.15, 0.2) is 52.7 Å². The maximum Gasteiger partial charge on any atom is 0.316 e. The number of hydrogen-bond donors (Lipinski definition) is 1. The fraction of sp³-hybridized carbons (Fsp3) is 0.188. The van der Waals surface area contributed by atoms with Crippen LogP contribution in [-0.2, 0) is 9.53 Å². The first kappa shape index (κ1) is 18.3. The molecular formula is C16H15N5O3S. The van der Waals surface area contributed by atoms with Gasteiger partial charge in [-0.2, -0.15) is 0 Å². The number of pyridine rings is 1. The number of azide groups is 1. The van der Waals surface area contributed by atoms with Crippen molar-refractivity contribution < 1.29 is 14.3 Å². The van der Waals surface area contributed by atoms with Crippen LogP contribution in [0.2, 0.25) is 0 Å². The SMILES string of the molecule is CCOC(=O)CSc1ccc(C(=O)Nc2ccc(N=[N+]=[N-])cc2)cn1. The lowest BCUT2D eigenvalue weighted by molar-refractivity contribution is -0.139. The average Bonchev–Trinajstić information content (AvgIpc) is 2.62. The van der Waals surface area contributed by atoms with E-state index in [0.717, 1.165) is 0 Å². The fourth-order valence-corrected chi connectivity index (χ4v) is 2.44. The Morgan fingerprint density at radius 2 is 2.04 bits per heavy atom. The zero-order valence-electron chi connectivity index (χ0n) is 13.4. The first-order valence-corrected chi connectivity index (χ1v) is 8.32. The van der Waals surface area contributed by atoms with Gasteiger partial charge in [0.05, 0.1) is 22.9 Å². The van der Waals surface area contributed by atoms with E-state index < -0.39 is 0 Å². The number of rotatable bonds is 7. The summed E-state index contributed by atoms with van der Waals surface area (Å²) in [7, 11) is 0. The molecule has 0 aliphatic heterocycles. The van der Waals surface area contributed by atoms with E-state index in [1.54, 1.807) is 43.3 Å². The molecule has 0 radical (unpaired) electrons. The summed E-state index contributed by atoms with van der Waals surface area (Å²) in [5, 5.41) is 6.81. The van der Waals surface area contributed by atoms with Crippen molar-refractivity contribution in [2.24, 2.45) is 5.11 Å². The van der Waals surface area contributed by atoms with Gasteiger partial charge in [-0.05, 0) is 36.7 Å². The van der Waals surface area contributed by atoms with Crippen LogP contribution in [0, 0.1) is 0 Å². The van der Waals surface area contributed by atoms with Crippen molar-refractivity contribution in [3.63, 3.8) is 0 Å². The van der Waals surface area contributed by atoms with Crippen LogP contribution in [0.5, 0.6) is 0 Å². The summed E-state index contributed by atoms with van der Waals surface area (Å²) in [6.45, 7) is 2.09. The van der Waals surface area contributed by atoms with Crippen LogP contribution in [0.3, 0.4) is 0 Å². The number of thioether (sulfide) groups is 1. The highest BCUT2D eigenvalue weighted by atomic mass is 32.2. The minimum Gasteiger partial charge on any atom is -0.465 e. The molecule has 1 amide bonds. The Kier molecular flexibility index (Phi) is 6.82. The van der Waals surface area contributed by atoms with Crippen LogP contribution in [0.4, 0.5) is 11.4 Å². The Morgan fingerprint density at radius 1 is 1.28 bits per heavy atom. The van der Waals surface area contributed by atoms with Gasteiger partial charge in [0.1, 0.15) is 0 Å². The number of carbonyl (C=O) groups excluding carboxylic acids is 2. The molecule has 9 heteroatoms. The topological polar surface area (TPSA) is 117 Å². The summed E-state index contributed by atoms with van der Waals surface area (Å²) in [5.74, 6) is -0.449. The third kappa shape index (κ3) is 5.83. The molecule has 0 aliphatic rings. The molecule has 0 spiro atoms. The van der Waals surface area contributed by atoms with E-state index in [1.165, 1.54) is 18.0 Å². The first-order valence-electron chi connectivity index (χ1n) is 7.33. The molecule has 1 N–H and O–H groups in total. The fourth-order valence-electron chi connectivity index (χ4n) is 1.80. The molecule has 2 rings (SSSR count). The summed E-state index contributed by atoms with van der Waals surface area (Å²) in [6.07, 6.45) is 1.44. The van der Waals surface area contributed by atoms with Crippen molar-refractivity contribution in [2.45, 2.75) is 11.9 Å². The first-order chi connectivity index (χ1) is 12.1.